The molecule has 0 unspecified atom stereocenters. The molecular weight excluding hydrogens is 396 g/mol. The van der Waals surface area contributed by atoms with E-state index >= 15 is 0 Å². The van der Waals surface area contributed by atoms with Gasteiger partial charge in [-0.2, -0.15) is 10.2 Å². The Bertz CT molecular complexity index is 1300. The molecule has 0 aliphatic carbocycles. The number of hydrogen-bond acceptors (Lipinski definition) is 4. The molecule has 146 valence electrons. The Hall–Kier alpha value is -3.83. The zero-order chi connectivity index (χ0) is 20.3. The van der Waals surface area contributed by atoms with Gasteiger partial charge < -0.3 is 4.42 Å². The fourth-order valence-electron chi connectivity index (χ4n) is 3.22. The highest BCUT2D eigenvalue weighted by Crippen LogP contribution is 2.29. The third kappa shape index (κ3) is 3.71. The van der Waals surface area contributed by atoms with E-state index in [1.165, 1.54) is 0 Å². The highest BCUT2D eigenvalue weighted by Gasteiger charge is 2.15. The number of rotatable bonds is 5. The van der Waals surface area contributed by atoms with E-state index in [0.29, 0.717) is 16.5 Å². The summed E-state index contributed by atoms with van der Waals surface area (Å²) >= 11 is 6.04. The lowest BCUT2D eigenvalue weighted by Crippen LogP contribution is -1.93. The van der Waals surface area contributed by atoms with Crippen LogP contribution in [0.5, 0.6) is 0 Å². The molecule has 0 spiro atoms. The quantitative estimate of drug-likeness (QED) is 0.269. The first kappa shape index (κ1) is 18.2. The van der Waals surface area contributed by atoms with Crippen molar-refractivity contribution in [3.05, 3.63) is 102 Å². The maximum Gasteiger partial charge on any atom is 0.156 e. The van der Waals surface area contributed by atoms with Crippen molar-refractivity contribution in [1.29, 1.82) is 0 Å². The van der Waals surface area contributed by atoms with E-state index in [1.807, 2.05) is 95.8 Å². The minimum Gasteiger partial charge on any atom is -0.454 e. The van der Waals surface area contributed by atoms with Gasteiger partial charge in [0.2, 0.25) is 0 Å². The molecule has 0 fully saturated rings. The maximum atomic E-state index is 6.05. The van der Waals surface area contributed by atoms with Crippen molar-refractivity contribution in [2.45, 2.75) is 0 Å². The van der Waals surface area contributed by atoms with Gasteiger partial charge in [0.05, 0.1) is 17.6 Å². The van der Waals surface area contributed by atoms with Gasteiger partial charge in [0.15, 0.2) is 5.76 Å². The Kier molecular flexibility index (Phi) is 4.79. The van der Waals surface area contributed by atoms with Gasteiger partial charge in [0, 0.05) is 22.2 Å². The van der Waals surface area contributed by atoms with Crippen LogP contribution in [0, 0.1) is 0 Å². The second-order valence-corrected chi connectivity index (χ2v) is 7.18. The van der Waals surface area contributed by atoms with E-state index in [2.05, 4.69) is 10.5 Å². The first-order chi connectivity index (χ1) is 14.8. The van der Waals surface area contributed by atoms with Gasteiger partial charge in [-0.15, -0.1) is 0 Å². The molecule has 0 bridgehead atoms. The SMILES string of the molecule is Clc1cccc(N/N=C\c2cn(-c3ccccc3)nc2-c2cc3ccccc3o2)c1. The molecule has 3 aromatic carbocycles. The molecule has 0 saturated heterocycles. The summed E-state index contributed by atoms with van der Waals surface area (Å²) in [5.74, 6) is 0.690. The Morgan fingerprint density at radius 3 is 2.60 bits per heavy atom. The Morgan fingerprint density at radius 1 is 0.933 bits per heavy atom. The Morgan fingerprint density at radius 2 is 1.77 bits per heavy atom. The summed E-state index contributed by atoms with van der Waals surface area (Å²) in [5, 5.41) is 10.8. The van der Waals surface area contributed by atoms with Crippen LogP contribution < -0.4 is 5.43 Å². The maximum absolute atomic E-state index is 6.05. The standard InChI is InChI=1S/C24H17ClN4O/c25-19-8-6-9-20(14-19)27-26-15-18-16-29(21-10-2-1-3-11-21)28-24(18)23-13-17-7-4-5-12-22(17)30-23/h1-16,27H/b26-15-. The fourth-order valence-corrected chi connectivity index (χ4v) is 3.41. The molecular formula is C24H17ClN4O. The second kappa shape index (κ2) is 7.89. The molecule has 0 atom stereocenters. The minimum absolute atomic E-state index is 0.648. The van der Waals surface area contributed by atoms with Crippen LogP contribution in [0.25, 0.3) is 28.1 Å². The van der Waals surface area contributed by atoms with Crippen LogP contribution in [0.3, 0.4) is 0 Å². The molecule has 0 radical (unpaired) electrons. The van der Waals surface area contributed by atoms with Crippen LogP contribution in [-0.2, 0) is 0 Å². The lowest BCUT2D eigenvalue weighted by Gasteiger charge is -1.99. The van der Waals surface area contributed by atoms with Crippen molar-refractivity contribution < 1.29 is 4.42 Å². The molecule has 5 rings (SSSR count). The van der Waals surface area contributed by atoms with Gasteiger partial charge in [0.25, 0.3) is 0 Å². The summed E-state index contributed by atoms with van der Waals surface area (Å²) in [6, 6.07) is 27.2. The van der Waals surface area contributed by atoms with E-state index in [4.69, 9.17) is 21.1 Å². The van der Waals surface area contributed by atoms with Crippen molar-refractivity contribution in [3.8, 4) is 17.1 Å². The number of nitrogens with zero attached hydrogens (tertiary/aromatic N) is 3. The summed E-state index contributed by atoms with van der Waals surface area (Å²) in [4.78, 5) is 0. The fraction of sp³-hybridized carbons (Fsp3) is 0. The largest absolute Gasteiger partial charge is 0.454 e. The van der Waals surface area contributed by atoms with E-state index in [0.717, 1.165) is 27.9 Å². The topological polar surface area (TPSA) is 55.4 Å². The zero-order valence-corrected chi connectivity index (χ0v) is 16.6. The highest BCUT2D eigenvalue weighted by molar-refractivity contribution is 6.30. The van der Waals surface area contributed by atoms with Crippen molar-refractivity contribution in [2.24, 2.45) is 5.10 Å². The van der Waals surface area contributed by atoms with Gasteiger partial charge in [-0.05, 0) is 42.5 Å². The van der Waals surface area contributed by atoms with E-state index in [9.17, 15) is 0 Å². The van der Waals surface area contributed by atoms with Gasteiger partial charge in [-0.1, -0.05) is 54.1 Å². The number of fused-ring (bicyclic) bond motifs is 1. The predicted octanol–water partition coefficient (Wildman–Crippen LogP) is 6.38. The molecule has 0 aliphatic rings. The molecule has 0 amide bonds. The van der Waals surface area contributed by atoms with E-state index < -0.39 is 0 Å². The molecule has 30 heavy (non-hydrogen) atoms. The van der Waals surface area contributed by atoms with Gasteiger partial charge in [-0.25, -0.2) is 4.68 Å². The van der Waals surface area contributed by atoms with E-state index in [-0.39, 0.29) is 0 Å². The summed E-state index contributed by atoms with van der Waals surface area (Å²) < 4.78 is 7.87. The summed E-state index contributed by atoms with van der Waals surface area (Å²) in [6.45, 7) is 0. The number of hydrazone groups is 1. The van der Waals surface area contributed by atoms with Gasteiger partial charge in [0.1, 0.15) is 11.3 Å². The number of para-hydroxylation sites is 2. The number of halogens is 1. The van der Waals surface area contributed by atoms with Crippen molar-refractivity contribution in [3.63, 3.8) is 0 Å². The van der Waals surface area contributed by atoms with Crippen LogP contribution in [0.1, 0.15) is 5.56 Å². The molecule has 0 aliphatic heterocycles. The summed E-state index contributed by atoms with van der Waals surface area (Å²) in [6.07, 6.45) is 3.66. The van der Waals surface area contributed by atoms with Crippen LogP contribution in [0.2, 0.25) is 5.02 Å². The Balaban J connectivity index is 1.54. The molecule has 2 heterocycles. The average Bonchev–Trinajstić information content (AvgIpc) is 3.38. The summed E-state index contributed by atoms with van der Waals surface area (Å²) in [5.41, 5.74) is 7.13. The second-order valence-electron chi connectivity index (χ2n) is 6.74. The minimum atomic E-state index is 0.648. The number of nitrogens with one attached hydrogen (secondary N) is 1. The Labute approximate surface area is 178 Å². The molecule has 5 nitrogen and oxygen atoms in total. The zero-order valence-electron chi connectivity index (χ0n) is 15.9. The third-order valence-corrected chi connectivity index (χ3v) is 4.88. The molecule has 6 heteroatoms. The highest BCUT2D eigenvalue weighted by atomic mass is 35.5. The van der Waals surface area contributed by atoms with Gasteiger partial charge in [-0.3, -0.25) is 5.43 Å². The summed E-state index contributed by atoms with van der Waals surface area (Å²) in [7, 11) is 0. The lowest BCUT2D eigenvalue weighted by atomic mass is 10.2. The number of benzene rings is 3. The number of hydrogen-bond donors (Lipinski definition) is 1. The number of furan rings is 1. The first-order valence-corrected chi connectivity index (χ1v) is 9.83. The molecule has 2 aromatic heterocycles. The van der Waals surface area contributed by atoms with Crippen molar-refractivity contribution >= 4 is 34.5 Å². The third-order valence-electron chi connectivity index (χ3n) is 4.64. The molecule has 1 N–H and O–H groups in total. The van der Waals surface area contributed by atoms with Crippen LogP contribution in [0.4, 0.5) is 5.69 Å². The predicted molar refractivity (Wildman–Crippen MR) is 121 cm³/mol. The van der Waals surface area contributed by atoms with Crippen LogP contribution >= 0.6 is 11.6 Å². The van der Waals surface area contributed by atoms with Crippen LogP contribution in [-0.4, -0.2) is 16.0 Å². The molecule has 5 aromatic rings. The normalized spacial score (nSPS) is 11.4. The number of aromatic nitrogens is 2. The lowest BCUT2D eigenvalue weighted by molar-refractivity contribution is 0.627. The van der Waals surface area contributed by atoms with Crippen LogP contribution in [0.15, 0.2) is 101 Å². The smallest absolute Gasteiger partial charge is 0.156 e. The first-order valence-electron chi connectivity index (χ1n) is 9.45. The van der Waals surface area contributed by atoms with Crippen molar-refractivity contribution in [2.75, 3.05) is 5.43 Å². The number of anilines is 1. The van der Waals surface area contributed by atoms with Gasteiger partial charge >= 0.3 is 0 Å². The monoisotopic (exact) mass is 412 g/mol. The van der Waals surface area contributed by atoms with E-state index in [1.54, 1.807) is 6.21 Å². The average molecular weight is 413 g/mol. The van der Waals surface area contributed by atoms with Crippen molar-refractivity contribution in [1.82, 2.24) is 9.78 Å². The molecule has 0 saturated carbocycles.